The standard InChI is InChI=1S/C16H19N3O2/c1-10-8-19(16(21)18(3)11(2)20)9-14-15(10)12-6-4-5-7-13(12)17-14/h4-7,10,17H,8-9H2,1-3H3. The maximum absolute atomic E-state index is 12.3. The minimum atomic E-state index is -0.241. The number of imide groups is 1. The Labute approximate surface area is 123 Å². The van der Waals surface area contributed by atoms with Crippen molar-refractivity contribution < 1.29 is 9.59 Å². The van der Waals surface area contributed by atoms with Crippen LogP contribution in [0.25, 0.3) is 10.9 Å². The third-order valence-corrected chi connectivity index (χ3v) is 4.19. The van der Waals surface area contributed by atoms with Gasteiger partial charge in [0.25, 0.3) is 0 Å². The highest BCUT2D eigenvalue weighted by atomic mass is 16.2. The van der Waals surface area contributed by atoms with Gasteiger partial charge in [0.15, 0.2) is 0 Å². The predicted octanol–water partition coefficient (Wildman–Crippen LogP) is 2.69. The first-order valence-corrected chi connectivity index (χ1v) is 7.11. The molecule has 2 aromatic rings. The molecule has 5 nitrogen and oxygen atoms in total. The van der Waals surface area contributed by atoms with Crippen LogP contribution >= 0.6 is 0 Å². The average molecular weight is 285 g/mol. The van der Waals surface area contributed by atoms with Gasteiger partial charge in [0.1, 0.15) is 0 Å². The van der Waals surface area contributed by atoms with E-state index in [1.165, 1.54) is 29.8 Å². The number of carbonyl (C=O) groups is 2. The topological polar surface area (TPSA) is 56.4 Å². The van der Waals surface area contributed by atoms with Crippen molar-refractivity contribution in [1.29, 1.82) is 0 Å². The normalized spacial score (nSPS) is 17.7. The number of amides is 3. The predicted molar refractivity (Wildman–Crippen MR) is 81.0 cm³/mol. The molecule has 1 aliphatic rings. The van der Waals surface area contributed by atoms with Crippen LogP contribution in [0.1, 0.15) is 31.0 Å². The van der Waals surface area contributed by atoms with E-state index in [1.54, 1.807) is 4.90 Å². The molecule has 3 rings (SSSR count). The molecule has 0 spiro atoms. The Hall–Kier alpha value is -2.30. The molecule has 21 heavy (non-hydrogen) atoms. The number of H-pyrrole nitrogens is 1. The van der Waals surface area contributed by atoms with E-state index in [0.29, 0.717) is 13.1 Å². The smallest absolute Gasteiger partial charge is 0.326 e. The Bertz CT molecular complexity index is 719. The molecule has 110 valence electrons. The molecule has 0 radical (unpaired) electrons. The lowest BCUT2D eigenvalue weighted by molar-refractivity contribution is -0.125. The van der Waals surface area contributed by atoms with Crippen LogP contribution < -0.4 is 0 Å². The lowest BCUT2D eigenvalue weighted by Gasteiger charge is -2.33. The highest BCUT2D eigenvalue weighted by Crippen LogP contribution is 2.34. The molecule has 0 saturated carbocycles. The van der Waals surface area contributed by atoms with E-state index in [9.17, 15) is 9.59 Å². The highest BCUT2D eigenvalue weighted by molar-refractivity contribution is 5.93. The van der Waals surface area contributed by atoms with Crippen molar-refractivity contribution in [2.45, 2.75) is 26.3 Å². The first kappa shape index (κ1) is 13.7. The molecule has 1 aromatic carbocycles. The number of aromatic nitrogens is 1. The fourth-order valence-corrected chi connectivity index (χ4v) is 3.08. The van der Waals surface area contributed by atoms with Gasteiger partial charge >= 0.3 is 6.03 Å². The summed E-state index contributed by atoms with van der Waals surface area (Å²) < 4.78 is 0. The first-order chi connectivity index (χ1) is 9.99. The lowest BCUT2D eigenvalue weighted by Crippen LogP contribution is -2.46. The van der Waals surface area contributed by atoms with Crippen LogP contribution in [0.15, 0.2) is 24.3 Å². The zero-order valence-electron chi connectivity index (χ0n) is 12.5. The van der Waals surface area contributed by atoms with Gasteiger partial charge in [-0.15, -0.1) is 0 Å². The number of carbonyl (C=O) groups excluding carboxylic acids is 2. The molecule has 0 bridgehead atoms. The first-order valence-electron chi connectivity index (χ1n) is 7.11. The molecule has 1 aliphatic heterocycles. The Balaban J connectivity index is 1.96. The third-order valence-electron chi connectivity index (χ3n) is 4.19. The second-order valence-corrected chi connectivity index (χ2v) is 5.70. The number of hydrogen-bond acceptors (Lipinski definition) is 2. The third kappa shape index (κ3) is 2.18. The second-order valence-electron chi connectivity index (χ2n) is 5.70. The van der Waals surface area contributed by atoms with Crippen molar-refractivity contribution in [1.82, 2.24) is 14.8 Å². The van der Waals surface area contributed by atoms with Crippen molar-refractivity contribution in [2.75, 3.05) is 13.6 Å². The summed E-state index contributed by atoms with van der Waals surface area (Å²) in [4.78, 5) is 30.0. The summed E-state index contributed by atoms with van der Waals surface area (Å²) in [5.74, 6) is 0.00399. The number of para-hydroxylation sites is 1. The minimum Gasteiger partial charge on any atom is -0.357 e. The molecule has 1 unspecified atom stereocenters. The van der Waals surface area contributed by atoms with Crippen LogP contribution in [-0.4, -0.2) is 40.3 Å². The maximum Gasteiger partial charge on any atom is 0.326 e. The molecular weight excluding hydrogens is 266 g/mol. The summed E-state index contributed by atoms with van der Waals surface area (Å²) in [6, 6.07) is 7.96. The summed E-state index contributed by atoms with van der Waals surface area (Å²) >= 11 is 0. The zero-order valence-corrected chi connectivity index (χ0v) is 12.5. The zero-order chi connectivity index (χ0) is 15.1. The summed E-state index contributed by atoms with van der Waals surface area (Å²) in [5, 5.41) is 1.23. The van der Waals surface area contributed by atoms with Gasteiger partial charge in [-0.25, -0.2) is 4.79 Å². The summed E-state index contributed by atoms with van der Waals surface area (Å²) in [6.45, 7) is 4.67. The minimum absolute atomic E-state index is 0.237. The maximum atomic E-state index is 12.3. The van der Waals surface area contributed by atoms with E-state index >= 15 is 0 Å². The van der Waals surface area contributed by atoms with Gasteiger partial charge in [-0.3, -0.25) is 9.69 Å². The van der Waals surface area contributed by atoms with E-state index in [0.717, 1.165) is 11.2 Å². The van der Waals surface area contributed by atoms with Gasteiger partial charge in [0.05, 0.1) is 6.54 Å². The van der Waals surface area contributed by atoms with Gasteiger partial charge in [-0.2, -0.15) is 0 Å². The quantitative estimate of drug-likeness (QED) is 0.809. The van der Waals surface area contributed by atoms with Crippen LogP contribution in [0.3, 0.4) is 0 Å². The largest absolute Gasteiger partial charge is 0.357 e. The number of nitrogens with one attached hydrogen (secondary N) is 1. The van der Waals surface area contributed by atoms with E-state index in [2.05, 4.69) is 18.0 Å². The number of fused-ring (bicyclic) bond motifs is 3. The molecule has 5 heteroatoms. The molecular formula is C16H19N3O2. The molecule has 2 heterocycles. The number of rotatable bonds is 0. The van der Waals surface area contributed by atoms with Crippen LogP contribution in [0, 0.1) is 0 Å². The summed E-state index contributed by atoms with van der Waals surface area (Å²) in [7, 11) is 1.52. The average Bonchev–Trinajstić information content (AvgIpc) is 2.84. The number of aromatic amines is 1. The number of nitrogens with zero attached hydrogens (tertiary/aromatic N) is 2. The van der Waals surface area contributed by atoms with Crippen LogP contribution in [-0.2, 0) is 11.3 Å². The number of urea groups is 1. The molecule has 0 aliphatic carbocycles. The molecule has 1 aromatic heterocycles. The Kier molecular flexibility index (Phi) is 3.20. The Morgan fingerprint density at radius 3 is 2.76 bits per heavy atom. The van der Waals surface area contributed by atoms with Crippen molar-refractivity contribution in [2.24, 2.45) is 0 Å². The van der Waals surface area contributed by atoms with Crippen molar-refractivity contribution in [3.05, 3.63) is 35.5 Å². The fraction of sp³-hybridized carbons (Fsp3) is 0.375. The van der Waals surface area contributed by atoms with Crippen LogP contribution in [0.4, 0.5) is 4.79 Å². The molecule has 0 fully saturated rings. The van der Waals surface area contributed by atoms with Crippen molar-refractivity contribution in [3.63, 3.8) is 0 Å². The Morgan fingerprint density at radius 1 is 1.33 bits per heavy atom. The number of hydrogen-bond donors (Lipinski definition) is 1. The fourth-order valence-electron chi connectivity index (χ4n) is 3.08. The lowest BCUT2D eigenvalue weighted by atomic mass is 9.93. The van der Waals surface area contributed by atoms with Gasteiger partial charge in [0.2, 0.25) is 5.91 Å². The number of benzene rings is 1. The molecule has 0 saturated heterocycles. The van der Waals surface area contributed by atoms with E-state index in [1.807, 2.05) is 18.2 Å². The second kappa shape index (κ2) is 4.91. The molecule has 1 atom stereocenters. The molecule has 1 N–H and O–H groups in total. The van der Waals surface area contributed by atoms with E-state index < -0.39 is 0 Å². The summed E-state index contributed by atoms with van der Waals surface area (Å²) in [5.41, 5.74) is 3.46. The van der Waals surface area contributed by atoms with Gasteiger partial charge < -0.3 is 9.88 Å². The van der Waals surface area contributed by atoms with Gasteiger partial charge in [-0.05, 0) is 11.6 Å². The monoisotopic (exact) mass is 285 g/mol. The van der Waals surface area contributed by atoms with E-state index in [4.69, 9.17) is 0 Å². The summed E-state index contributed by atoms with van der Waals surface area (Å²) in [6.07, 6.45) is 0. The van der Waals surface area contributed by atoms with Crippen LogP contribution in [0.5, 0.6) is 0 Å². The molecule has 3 amide bonds. The van der Waals surface area contributed by atoms with Gasteiger partial charge in [0, 0.05) is 43.0 Å². The SMILES string of the molecule is CC(=O)N(C)C(=O)N1Cc2[nH]c3ccccc3c2C(C)C1. The van der Waals surface area contributed by atoms with Crippen molar-refractivity contribution in [3.8, 4) is 0 Å². The van der Waals surface area contributed by atoms with Crippen molar-refractivity contribution >= 4 is 22.8 Å². The van der Waals surface area contributed by atoms with Crippen LogP contribution in [0.2, 0.25) is 0 Å². The Morgan fingerprint density at radius 2 is 2.05 bits per heavy atom. The van der Waals surface area contributed by atoms with Gasteiger partial charge in [-0.1, -0.05) is 25.1 Å². The van der Waals surface area contributed by atoms with E-state index in [-0.39, 0.29) is 17.9 Å². The highest BCUT2D eigenvalue weighted by Gasteiger charge is 2.30.